The van der Waals surface area contributed by atoms with Crippen LogP contribution in [0.3, 0.4) is 0 Å². The van der Waals surface area contributed by atoms with Crippen molar-refractivity contribution in [3.63, 3.8) is 0 Å². The minimum absolute atomic E-state index is 0.130. The zero-order valence-corrected chi connectivity index (χ0v) is 9.32. The molecule has 16 heavy (non-hydrogen) atoms. The molecule has 0 fully saturated rings. The fraction of sp³-hybridized carbons (Fsp3) is 0.333. The Morgan fingerprint density at radius 1 is 1.62 bits per heavy atom. The lowest BCUT2D eigenvalue weighted by atomic mass is 10.2. The van der Waals surface area contributed by atoms with Gasteiger partial charge in [-0.2, -0.15) is 0 Å². The highest BCUT2D eigenvalue weighted by molar-refractivity contribution is 6.35. The van der Waals surface area contributed by atoms with Crippen LogP contribution in [0.1, 0.15) is 0 Å². The van der Waals surface area contributed by atoms with Crippen LogP contribution in [0.5, 0.6) is 5.75 Å². The Kier molecular flexibility index (Phi) is 4.33. The Labute approximate surface area is 96.9 Å². The highest BCUT2D eigenvalue weighted by atomic mass is 35.5. The largest absolute Gasteiger partial charge is 0.495 e. The molecular formula is C9H11ClN2O4. The minimum Gasteiger partial charge on any atom is -0.495 e. The van der Waals surface area contributed by atoms with E-state index in [-0.39, 0.29) is 29.5 Å². The molecule has 0 saturated carbocycles. The van der Waals surface area contributed by atoms with Gasteiger partial charge in [-0.15, -0.1) is 0 Å². The molecule has 0 atom stereocenters. The number of halogens is 1. The van der Waals surface area contributed by atoms with Crippen molar-refractivity contribution in [3.8, 4) is 5.75 Å². The van der Waals surface area contributed by atoms with Gasteiger partial charge in [-0.25, -0.2) is 0 Å². The summed E-state index contributed by atoms with van der Waals surface area (Å²) in [5.41, 5.74) is -0.000633. The van der Waals surface area contributed by atoms with E-state index in [1.54, 1.807) is 0 Å². The van der Waals surface area contributed by atoms with Crippen LogP contribution in [0.4, 0.5) is 11.4 Å². The van der Waals surface area contributed by atoms with E-state index in [1.165, 1.54) is 19.2 Å². The van der Waals surface area contributed by atoms with Crippen molar-refractivity contribution >= 4 is 23.0 Å². The second-order valence-electron chi connectivity index (χ2n) is 2.88. The Hall–Kier alpha value is -1.53. The topological polar surface area (TPSA) is 84.6 Å². The first-order chi connectivity index (χ1) is 7.61. The van der Waals surface area contributed by atoms with Gasteiger partial charge in [0.05, 0.1) is 18.6 Å². The standard InChI is InChI=1S/C9H11ClN2O4/c1-16-7-3-2-6(12(14)15)9(8(7)10)11-4-5-13/h2-3,11,13H,4-5H2,1H3. The summed E-state index contributed by atoms with van der Waals surface area (Å²) in [4.78, 5) is 10.2. The molecule has 1 rings (SSSR count). The van der Waals surface area contributed by atoms with E-state index < -0.39 is 4.92 Å². The molecule has 0 unspecified atom stereocenters. The van der Waals surface area contributed by atoms with Crippen LogP contribution in [-0.4, -0.2) is 30.3 Å². The Morgan fingerprint density at radius 2 is 2.31 bits per heavy atom. The Morgan fingerprint density at radius 3 is 2.81 bits per heavy atom. The summed E-state index contributed by atoms with van der Waals surface area (Å²) >= 11 is 5.92. The first-order valence-corrected chi connectivity index (χ1v) is 4.85. The van der Waals surface area contributed by atoms with Crippen molar-refractivity contribution in [2.45, 2.75) is 0 Å². The first-order valence-electron chi connectivity index (χ1n) is 4.47. The third-order valence-electron chi connectivity index (χ3n) is 1.91. The van der Waals surface area contributed by atoms with Crippen LogP contribution in [0, 0.1) is 10.1 Å². The summed E-state index contributed by atoms with van der Waals surface area (Å²) in [5, 5.41) is 22.2. The molecule has 0 aliphatic carbocycles. The number of nitro benzene ring substituents is 1. The lowest BCUT2D eigenvalue weighted by molar-refractivity contribution is -0.384. The molecule has 0 radical (unpaired) electrons. The second-order valence-corrected chi connectivity index (χ2v) is 3.26. The Bertz CT molecular complexity index is 397. The summed E-state index contributed by atoms with van der Waals surface area (Å²) in [7, 11) is 1.42. The van der Waals surface area contributed by atoms with E-state index in [4.69, 9.17) is 21.4 Å². The molecule has 6 nitrogen and oxygen atoms in total. The summed E-state index contributed by atoms with van der Waals surface area (Å²) in [6, 6.07) is 2.72. The molecule has 88 valence electrons. The van der Waals surface area contributed by atoms with E-state index in [0.29, 0.717) is 5.75 Å². The highest BCUT2D eigenvalue weighted by Crippen LogP contribution is 2.38. The molecule has 0 spiro atoms. The van der Waals surface area contributed by atoms with Gasteiger partial charge in [0.25, 0.3) is 5.69 Å². The molecule has 0 saturated heterocycles. The van der Waals surface area contributed by atoms with Crippen molar-refractivity contribution in [1.29, 1.82) is 0 Å². The molecule has 1 aromatic rings. The highest BCUT2D eigenvalue weighted by Gasteiger charge is 2.19. The molecule has 0 aromatic heterocycles. The minimum atomic E-state index is -0.551. The maximum atomic E-state index is 10.7. The number of ether oxygens (including phenoxy) is 1. The predicted octanol–water partition coefficient (Wildman–Crippen LogP) is 1.66. The third-order valence-corrected chi connectivity index (χ3v) is 2.29. The molecular weight excluding hydrogens is 236 g/mol. The van der Waals surface area contributed by atoms with Gasteiger partial charge < -0.3 is 15.2 Å². The number of methoxy groups -OCH3 is 1. The molecule has 7 heteroatoms. The number of nitrogens with one attached hydrogen (secondary N) is 1. The number of hydrogen-bond acceptors (Lipinski definition) is 5. The number of nitro groups is 1. The average Bonchev–Trinajstić information content (AvgIpc) is 2.26. The van der Waals surface area contributed by atoms with Crippen LogP contribution >= 0.6 is 11.6 Å². The fourth-order valence-corrected chi connectivity index (χ4v) is 1.51. The lowest BCUT2D eigenvalue weighted by Gasteiger charge is -2.10. The van der Waals surface area contributed by atoms with Gasteiger partial charge >= 0.3 is 0 Å². The fourth-order valence-electron chi connectivity index (χ4n) is 1.21. The summed E-state index contributed by atoms with van der Waals surface area (Å²) in [6.45, 7) is 0.0262. The van der Waals surface area contributed by atoms with Crippen molar-refractivity contribution < 1.29 is 14.8 Å². The number of hydrogen-bond donors (Lipinski definition) is 2. The van der Waals surface area contributed by atoms with Gasteiger partial charge in [-0.3, -0.25) is 10.1 Å². The average molecular weight is 247 g/mol. The van der Waals surface area contributed by atoms with Gasteiger partial charge in [-0.1, -0.05) is 11.6 Å². The van der Waals surface area contributed by atoms with Gasteiger partial charge in [-0.05, 0) is 6.07 Å². The molecule has 0 heterocycles. The van der Waals surface area contributed by atoms with Crippen LogP contribution in [0.25, 0.3) is 0 Å². The molecule has 1 aromatic carbocycles. The van der Waals surface area contributed by atoms with Crippen molar-refractivity contribution in [1.82, 2.24) is 0 Å². The van der Waals surface area contributed by atoms with Crippen LogP contribution in [-0.2, 0) is 0 Å². The quantitative estimate of drug-likeness (QED) is 0.610. The van der Waals surface area contributed by atoms with E-state index in [2.05, 4.69) is 5.32 Å². The zero-order chi connectivity index (χ0) is 12.1. The summed E-state index contributed by atoms with van der Waals surface area (Å²) in [5.74, 6) is 0.340. The van der Waals surface area contributed by atoms with E-state index in [9.17, 15) is 10.1 Å². The SMILES string of the molecule is COc1ccc([N+](=O)[O-])c(NCCO)c1Cl. The van der Waals surface area contributed by atoms with Gasteiger partial charge in [0.2, 0.25) is 0 Å². The molecule has 0 aliphatic heterocycles. The smallest absolute Gasteiger partial charge is 0.294 e. The normalized spacial score (nSPS) is 9.94. The molecule has 2 N–H and O–H groups in total. The van der Waals surface area contributed by atoms with Crippen LogP contribution in [0.15, 0.2) is 12.1 Å². The number of anilines is 1. The lowest BCUT2D eigenvalue weighted by Crippen LogP contribution is -2.08. The number of benzene rings is 1. The molecule has 0 aliphatic rings. The number of aliphatic hydroxyl groups excluding tert-OH is 1. The molecule has 0 amide bonds. The Balaban J connectivity index is 3.19. The van der Waals surface area contributed by atoms with Gasteiger partial charge in [0.1, 0.15) is 16.5 Å². The predicted molar refractivity (Wildman–Crippen MR) is 60.2 cm³/mol. The number of aliphatic hydroxyl groups is 1. The molecule has 0 bridgehead atoms. The number of nitrogens with zero attached hydrogens (tertiary/aromatic N) is 1. The van der Waals surface area contributed by atoms with E-state index in [1.807, 2.05) is 0 Å². The monoisotopic (exact) mass is 246 g/mol. The van der Waals surface area contributed by atoms with Crippen LogP contribution in [0.2, 0.25) is 5.02 Å². The van der Waals surface area contributed by atoms with Gasteiger partial charge in [0, 0.05) is 12.6 Å². The summed E-state index contributed by atoms with van der Waals surface area (Å²) in [6.07, 6.45) is 0. The third kappa shape index (κ3) is 2.53. The maximum absolute atomic E-state index is 10.7. The van der Waals surface area contributed by atoms with E-state index in [0.717, 1.165) is 0 Å². The van der Waals surface area contributed by atoms with Crippen LogP contribution < -0.4 is 10.1 Å². The zero-order valence-electron chi connectivity index (χ0n) is 8.57. The number of rotatable bonds is 5. The van der Waals surface area contributed by atoms with E-state index >= 15 is 0 Å². The van der Waals surface area contributed by atoms with Crippen molar-refractivity contribution in [3.05, 3.63) is 27.3 Å². The van der Waals surface area contributed by atoms with Crippen molar-refractivity contribution in [2.24, 2.45) is 0 Å². The first kappa shape index (κ1) is 12.5. The second kappa shape index (κ2) is 5.53. The summed E-state index contributed by atoms with van der Waals surface area (Å²) < 4.78 is 4.94. The van der Waals surface area contributed by atoms with Gasteiger partial charge in [0.15, 0.2) is 0 Å². The maximum Gasteiger partial charge on any atom is 0.294 e. The van der Waals surface area contributed by atoms with Crippen molar-refractivity contribution in [2.75, 3.05) is 25.6 Å².